The molecule has 0 aliphatic heterocycles. The molecule has 0 bridgehead atoms. The second kappa shape index (κ2) is 7.39. The Kier molecular flexibility index (Phi) is 6.68. The fourth-order valence-electron chi connectivity index (χ4n) is 0.634. The standard InChI is InChI=1S/C8H15NO4/c1-3-5-7(10)13-6-9-8(11)12-4-2/h3-6H2,1-2H3,(H,9,11). The molecule has 0 fully saturated rings. The number of nitrogens with one attached hydrogen (secondary N) is 1. The summed E-state index contributed by atoms with van der Waals surface area (Å²) in [6.45, 7) is 3.75. The van der Waals surface area contributed by atoms with Gasteiger partial charge in [-0.05, 0) is 13.3 Å². The first kappa shape index (κ1) is 11.7. The Morgan fingerprint density at radius 1 is 1.23 bits per heavy atom. The molecule has 0 heterocycles. The lowest BCUT2D eigenvalue weighted by Crippen LogP contribution is -2.28. The molecule has 0 saturated carbocycles. The molecular weight excluding hydrogens is 174 g/mol. The number of carbonyl (C=O) groups is 2. The molecule has 5 nitrogen and oxygen atoms in total. The summed E-state index contributed by atoms with van der Waals surface area (Å²) in [6.07, 6.45) is 0.523. The Balaban J connectivity index is 3.33. The number of esters is 1. The van der Waals surface area contributed by atoms with Crippen molar-refractivity contribution >= 4 is 12.1 Å². The number of hydrogen-bond acceptors (Lipinski definition) is 4. The summed E-state index contributed by atoms with van der Waals surface area (Å²) in [5.41, 5.74) is 0. The van der Waals surface area contributed by atoms with Crippen LogP contribution in [0.1, 0.15) is 26.7 Å². The van der Waals surface area contributed by atoms with Gasteiger partial charge in [0.15, 0.2) is 6.73 Å². The maximum absolute atomic E-state index is 10.8. The highest BCUT2D eigenvalue weighted by Gasteiger charge is 2.02. The number of ether oxygens (including phenoxy) is 2. The molecule has 1 N–H and O–H groups in total. The first-order valence-corrected chi connectivity index (χ1v) is 4.27. The highest BCUT2D eigenvalue weighted by Crippen LogP contribution is 1.89. The third-order valence-corrected chi connectivity index (χ3v) is 1.18. The Morgan fingerprint density at radius 3 is 2.46 bits per heavy atom. The Labute approximate surface area is 77.4 Å². The summed E-state index contributed by atoms with van der Waals surface area (Å²) in [6, 6.07) is 0. The van der Waals surface area contributed by atoms with Crippen molar-refractivity contribution in [3.8, 4) is 0 Å². The average Bonchev–Trinajstić information content (AvgIpc) is 2.05. The van der Waals surface area contributed by atoms with E-state index in [2.05, 4.69) is 14.8 Å². The van der Waals surface area contributed by atoms with Crippen LogP contribution in [0.2, 0.25) is 0 Å². The molecule has 1 amide bonds. The maximum Gasteiger partial charge on any atom is 0.409 e. The summed E-state index contributed by atoms with van der Waals surface area (Å²) in [5.74, 6) is -0.320. The lowest BCUT2D eigenvalue weighted by molar-refractivity contribution is -0.144. The van der Waals surface area contributed by atoms with Gasteiger partial charge in [0, 0.05) is 6.42 Å². The van der Waals surface area contributed by atoms with Crippen molar-refractivity contribution in [1.82, 2.24) is 5.32 Å². The van der Waals surface area contributed by atoms with Crippen LogP contribution in [0, 0.1) is 0 Å². The number of amides is 1. The predicted octanol–water partition coefficient (Wildman–Crippen LogP) is 1.03. The van der Waals surface area contributed by atoms with E-state index < -0.39 is 6.09 Å². The number of rotatable bonds is 5. The molecule has 0 rings (SSSR count). The minimum absolute atomic E-state index is 0.127. The molecule has 0 aromatic heterocycles. The Hall–Kier alpha value is -1.26. The van der Waals surface area contributed by atoms with Gasteiger partial charge in [-0.25, -0.2) is 4.79 Å². The summed E-state index contributed by atoms with van der Waals surface area (Å²) in [5, 5.41) is 2.27. The smallest absolute Gasteiger partial charge is 0.409 e. The molecule has 0 radical (unpaired) electrons. The summed E-state index contributed by atoms with van der Waals surface area (Å²) in [7, 11) is 0. The van der Waals surface area contributed by atoms with Crippen molar-refractivity contribution in [3.63, 3.8) is 0 Å². The highest BCUT2D eigenvalue weighted by atomic mass is 16.6. The lowest BCUT2D eigenvalue weighted by atomic mass is 10.3. The van der Waals surface area contributed by atoms with E-state index >= 15 is 0 Å². The second-order valence-electron chi connectivity index (χ2n) is 2.31. The van der Waals surface area contributed by atoms with Gasteiger partial charge in [0.05, 0.1) is 6.61 Å². The van der Waals surface area contributed by atoms with Crippen LogP contribution in [0.4, 0.5) is 4.79 Å². The molecule has 5 heteroatoms. The fraction of sp³-hybridized carbons (Fsp3) is 0.750. The van der Waals surface area contributed by atoms with Gasteiger partial charge in [-0.3, -0.25) is 10.1 Å². The third-order valence-electron chi connectivity index (χ3n) is 1.18. The van der Waals surface area contributed by atoms with Gasteiger partial charge in [0.1, 0.15) is 0 Å². The second-order valence-corrected chi connectivity index (χ2v) is 2.31. The molecule has 13 heavy (non-hydrogen) atoms. The van der Waals surface area contributed by atoms with E-state index in [1.165, 1.54) is 0 Å². The Bertz CT molecular complexity index is 152. The molecule has 0 aliphatic rings. The zero-order chi connectivity index (χ0) is 10.1. The molecule has 0 spiro atoms. The van der Waals surface area contributed by atoms with Gasteiger partial charge in [0.25, 0.3) is 0 Å². The van der Waals surface area contributed by atoms with Gasteiger partial charge in [-0.2, -0.15) is 0 Å². The van der Waals surface area contributed by atoms with E-state index in [-0.39, 0.29) is 12.7 Å². The average molecular weight is 189 g/mol. The van der Waals surface area contributed by atoms with Gasteiger partial charge < -0.3 is 9.47 Å². The van der Waals surface area contributed by atoms with E-state index in [9.17, 15) is 9.59 Å². The van der Waals surface area contributed by atoms with Crippen molar-refractivity contribution < 1.29 is 19.1 Å². The largest absolute Gasteiger partial charge is 0.450 e. The molecule has 0 aromatic rings. The topological polar surface area (TPSA) is 64.6 Å². The normalized spacial score (nSPS) is 9.08. The first-order chi connectivity index (χ1) is 6.20. The van der Waals surface area contributed by atoms with E-state index in [0.29, 0.717) is 13.0 Å². The van der Waals surface area contributed by atoms with Gasteiger partial charge in [0.2, 0.25) is 0 Å². The van der Waals surface area contributed by atoms with Crippen molar-refractivity contribution in [2.75, 3.05) is 13.3 Å². The SMILES string of the molecule is CCCC(=O)OCNC(=O)OCC. The quantitative estimate of drug-likeness (QED) is 0.518. The number of carbonyl (C=O) groups excluding carboxylic acids is 2. The van der Waals surface area contributed by atoms with Crippen molar-refractivity contribution in [1.29, 1.82) is 0 Å². The third kappa shape index (κ3) is 7.11. The minimum atomic E-state index is -0.577. The van der Waals surface area contributed by atoms with E-state index in [4.69, 9.17) is 0 Å². The molecule has 0 unspecified atom stereocenters. The van der Waals surface area contributed by atoms with Crippen LogP contribution in [-0.2, 0) is 14.3 Å². The van der Waals surface area contributed by atoms with Crippen LogP contribution < -0.4 is 5.32 Å². The molecule has 0 aliphatic carbocycles. The Morgan fingerprint density at radius 2 is 1.92 bits per heavy atom. The van der Waals surface area contributed by atoms with Gasteiger partial charge in [-0.1, -0.05) is 6.92 Å². The van der Waals surface area contributed by atoms with Crippen LogP contribution in [0.15, 0.2) is 0 Å². The van der Waals surface area contributed by atoms with Crippen LogP contribution in [0.25, 0.3) is 0 Å². The zero-order valence-electron chi connectivity index (χ0n) is 7.96. The lowest BCUT2D eigenvalue weighted by Gasteiger charge is -2.05. The molecular formula is C8H15NO4. The van der Waals surface area contributed by atoms with Crippen LogP contribution in [0.5, 0.6) is 0 Å². The fourth-order valence-corrected chi connectivity index (χ4v) is 0.634. The zero-order valence-corrected chi connectivity index (χ0v) is 7.96. The highest BCUT2D eigenvalue weighted by molar-refractivity contribution is 5.70. The number of alkyl carbamates (subject to hydrolysis) is 1. The predicted molar refractivity (Wildman–Crippen MR) is 46.0 cm³/mol. The van der Waals surface area contributed by atoms with Crippen molar-refractivity contribution in [2.45, 2.75) is 26.7 Å². The van der Waals surface area contributed by atoms with Crippen molar-refractivity contribution in [2.24, 2.45) is 0 Å². The van der Waals surface area contributed by atoms with E-state index in [1.807, 2.05) is 6.92 Å². The summed E-state index contributed by atoms with van der Waals surface area (Å²) < 4.78 is 9.19. The van der Waals surface area contributed by atoms with E-state index in [1.54, 1.807) is 6.92 Å². The van der Waals surface area contributed by atoms with Gasteiger partial charge in [-0.15, -0.1) is 0 Å². The van der Waals surface area contributed by atoms with Crippen molar-refractivity contribution in [3.05, 3.63) is 0 Å². The van der Waals surface area contributed by atoms with Crippen LogP contribution in [-0.4, -0.2) is 25.4 Å². The van der Waals surface area contributed by atoms with Crippen LogP contribution in [0.3, 0.4) is 0 Å². The minimum Gasteiger partial charge on any atom is -0.450 e. The van der Waals surface area contributed by atoms with Crippen LogP contribution >= 0.6 is 0 Å². The molecule has 76 valence electrons. The van der Waals surface area contributed by atoms with E-state index in [0.717, 1.165) is 6.42 Å². The van der Waals surface area contributed by atoms with Gasteiger partial charge >= 0.3 is 12.1 Å². The molecule has 0 aromatic carbocycles. The summed E-state index contributed by atoms with van der Waals surface area (Å²) in [4.78, 5) is 21.4. The molecule has 0 atom stereocenters. The number of hydrogen-bond donors (Lipinski definition) is 1. The molecule has 0 saturated heterocycles. The maximum atomic E-state index is 10.8. The monoisotopic (exact) mass is 189 g/mol. The first-order valence-electron chi connectivity index (χ1n) is 4.27. The summed E-state index contributed by atoms with van der Waals surface area (Å²) >= 11 is 0.